The number of piperidine rings is 1. The summed E-state index contributed by atoms with van der Waals surface area (Å²) >= 11 is 0. The zero-order chi connectivity index (χ0) is 16.3. The molecule has 0 aromatic heterocycles. The van der Waals surface area contributed by atoms with Crippen molar-refractivity contribution in [2.24, 2.45) is 0 Å². The monoisotopic (exact) mass is 316 g/mol. The van der Waals surface area contributed by atoms with Gasteiger partial charge in [-0.05, 0) is 44.3 Å². The van der Waals surface area contributed by atoms with Crippen molar-refractivity contribution in [2.75, 3.05) is 26.2 Å². The van der Waals surface area contributed by atoms with Crippen molar-refractivity contribution < 1.29 is 9.90 Å². The number of amides is 1. The first-order chi connectivity index (χ1) is 11.1. The van der Waals surface area contributed by atoms with Crippen LogP contribution >= 0.6 is 0 Å². The molecule has 2 fully saturated rings. The van der Waals surface area contributed by atoms with Crippen LogP contribution in [-0.2, 0) is 10.4 Å². The van der Waals surface area contributed by atoms with Gasteiger partial charge in [0.1, 0.15) is 5.60 Å². The zero-order valence-corrected chi connectivity index (χ0v) is 14.1. The van der Waals surface area contributed by atoms with E-state index < -0.39 is 5.60 Å². The predicted octanol–water partition coefficient (Wildman–Crippen LogP) is 2.37. The minimum Gasteiger partial charge on any atom is -0.383 e. The molecule has 2 heterocycles. The van der Waals surface area contributed by atoms with Gasteiger partial charge in [0.05, 0.1) is 6.04 Å². The number of carbonyl (C=O) groups is 1. The van der Waals surface area contributed by atoms with Gasteiger partial charge in [0.15, 0.2) is 0 Å². The second-order valence-electron chi connectivity index (χ2n) is 6.89. The summed E-state index contributed by atoms with van der Waals surface area (Å²) in [4.78, 5) is 16.7. The molecule has 3 rings (SSSR count). The van der Waals surface area contributed by atoms with Crippen LogP contribution in [0.25, 0.3) is 0 Å². The lowest BCUT2D eigenvalue weighted by molar-refractivity contribution is -0.143. The number of likely N-dealkylation sites (tertiary alicyclic amines) is 2. The predicted molar refractivity (Wildman–Crippen MR) is 91.0 cm³/mol. The molecule has 0 radical (unpaired) electrons. The Kier molecular flexibility index (Phi) is 5.02. The van der Waals surface area contributed by atoms with Crippen LogP contribution in [0.5, 0.6) is 0 Å². The summed E-state index contributed by atoms with van der Waals surface area (Å²) in [7, 11) is 0. The number of carbonyl (C=O) groups excluding carboxylic acids is 1. The minimum atomic E-state index is -0.853. The van der Waals surface area contributed by atoms with Crippen LogP contribution in [0.2, 0.25) is 0 Å². The van der Waals surface area contributed by atoms with Crippen LogP contribution in [0.1, 0.15) is 44.6 Å². The maximum absolute atomic E-state index is 12.3. The number of rotatable bonds is 4. The van der Waals surface area contributed by atoms with E-state index in [4.69, 9.17) is 0 Å². The van der Waals surface area contributed by atoms with Crippen molar-refractivity contribution >= 4 is 5.91 Å². The van der Waals surface area contributed by atoms with Gasteiger partial charge in [-0.1, -0.05) is 37.3 Å². The van der Waals surface area contributed by atoms with Gasteiger partial charge < -0.3 is 10.0 Å². The largest absolute Gasteiger partial charge is 0.383 e. The van der Waals surface area contributed by atoms with Gasteiger partial charge in [0.2, 0.25) is 5.91 Å². The molecule has 2 aliphatic heterocycles. The van der Waals surface area contributed by atoms with E-state index in [1.165, 1.54) is 12.8 Å². The number of aliphatic hydroxyl groups is 1. The van der Waals surface area contributed by atoms with E-state index in [0.29, 0.717) is 25.9 Å². The highest BCUT2D eigenvalue weighted by Gasteiger charge is 2.46. The van der Waals surface area contributed by atoms with E-state index in [1.807, 2.05) is 42.2 Å². The van der Waals surface area contributed by atoms with Gasteiger partial charge in [-0.2, -0.15) is 0 Å². The molecule has 1 amide bonds. The van der Waals surface area contributed by atoms with Gasteiger partial charge in [0, 0.05) is 19.5 Å². The van der Waals surface area contributed by atoms with Crippen molar-refractivity contribution in [1.29, 1.82) is 0 Å². The lowest BCUT2D eigenvalue weighted by Gasteiger charge is -2.48. The summed E-state index contributed by atoms with van der Waals surface area (Å²) in [5.41, 5.74) is 0.133. The van der Waals surface area contributed by atoms with Crippen LogP contribution in [-0.4, -0.2) is 53.0 Å². The Balaban J connectivity index is 1.86. The fourth-order valence-electron chi connectivity index (χ4n) is 4.06. The van der Waals surface area contributed by atoms with Crippen molar-refractivity contribution in [3.63, 3.8) is 0 Å². The second kappa shape index (κ2) is 7.02. The summed E-state index contributed by atoms with van der Waals surface area (Å²) in [5, 5.41) is 11.5. The maximum atomic E-state index is 12.3. The standard InChI is InChI=1S/C19H28N2O2/c1-2-8-18(22)21-14-11-19(23,16-9-4-3-5-10-16)17(15-21)20-12-6-7-13-20/h3-5,9-10,17,23H,2,6-8,11-15H2,1H3/t17-,19-/m1/s1. The molecular weight excluding hydrogens is 288 g/mol. The van der Waals surface area contributed by atoms with E-state index in [1.54, 1.807) is 0 Å². The van der Waals surface area contributed by atoms with E-state index in [-0.39, 0.29) is 11.9 Å². The van der Waals surface area contributed by atoms with E-state index in [0.717, 1.165) is 25.1 Å². The summed E-state index contributed by atoms with van der Waals surface area (Å²) in [6.45, 7) is 5.38. The average Bonchev–Trinajstić information content (AvgIpc) is 3.10. The number of hydrogen-bond donors (Lipinski definition) is 1. The van der Waals surface area contributed by atoms with Gasteiger partial charge in [0.25, 0.3) is 0 Å². The molecule has 0 saturated carbocycles. The van der Waals surface area contributed by atoms with E-state index >= 15 is 0 Å². The number of nitrogens with zero attached hydrogens (tertiary/aromatic N) is 2. The lowest BCUT2D eigenvalue weighted by atomic mass is 9.79. The highest BCUT2D eigenvalue weighted by molar-refractivity contribution is 5.76. The number of benzene rings is 1. The van der Waals surface area contributed by atoms with Crippen LogP contribution in [0.4, 0.5) is 0 Å². The first kappa shape index (κ1) is 16.5. The smallest absolute Gasteiger partial charge is 0.222 e. The second-order valence-corrected chi connectivity index (χ2v) is 6.89. The van der Waals surface area contributed by atoms with Crippen LogP contribution < -0.4 is 0 Å². The minimum absolute atomic E-state index is 0.00181. The molecular formula is C19H28N2O2. The van der Waals surface area contributed by atoms with Crippen molar-refractivity contribution in [3.8, 4) is 0 Å². The Morgan fingerprint density at radius 2 is 1.91 bits per heavy atom. The third kappa shape index (κ3) is 3.29. The molecule has 0 aliphatic carbocycles. The Bertz CT molecular complexity index is 527. The van der Waals surface area contributed by atoms with E-state index in [9.17, 15) is 9.90 Å². The summed E-state index contributed by atoms with van der Waals surface area (Å²) in [5.74, 6) is 0.229. The third-order valence-corrected chi connectivity index (χ3v) is 5.38. The molecule has 1 aromatic carbocycles. The molecule has 126 valence electrons. The Labute approximate surface area is 139 Å². The summed E-state index contributed by atoms with van der Waals surface area (Å²) < 4.78 is 0. The fourth-order valence-corrected chi connectivity index (χ4v) is 4.06. The average molecular weight is 316 g/mol. The molecule has 1 N–H and O–H groups in total. The molecule has 2 aliphatic rings. The van der Waals surface area contributed by atoms with E-state index in [2.05, 4.69) is 4.90 Å². The van der Waals surface area contributed by atoms with Gasteiger partial charge in [-0.25, -0.2) is 0 Å². The van der Waals surface area contributed by atoms with Crippen LogP contribution in [0.15, 0.2) is 30.3 Å². The first-order valence-corrected chi connectivity index (χ1v) is 8.95. The molecule has 23 heavy (non-hydrogen) atoms. The number of hydrogen-bond acceptors (Lipinski definition) is 3. The van der Waals surface area contributed by atoms with Crippen LogP contribution in [0.3, 0.4) is 0 Å². The zero-order valence-electron chi connectivity index (χ0n) is 14.1. The fraction of sp³-hybridized carbons (Fsp3) is 0.632. The van der Waals surface area contributed by atoms with Gasteiger partial charge >= 0.3 is 0 Å². The summed E-state index contributed by atoms with van der Waals surface area (Å²) in [6, 6.07) is 10.0. The third-order valence-electron chi connectivity index (χ3n) is 5.38. The Morgan fingerprint density at radius 1 is 1.22 bits per heavy atom. The SMILES string of the molecule is CCCC(=O)N1CC[C@@](O)(c2ccccc2)[C@H](N2CCCC2)C1. The molecule has 0 bridgehead atoms. The molecule has 2 atom stereocenters. The lowest BCUT2D eigenvalue weighted by Crippen LogP contribution is -2.61. The molecule has 0 spiro atoms. The van der Waals surface area contributed by atoms with Crippen molar-refractivity contribution in [2.45, 2.75) is 50.7 Å². The topological polar surface area (TPSA) is 43.8 Å². The molecule has 4 heteroatoms. The van der Waals surface area contributed by atoms with Gasteiger partial charge in [-0.3, -0.25) is 9.69 Å². The quantitative estimate of drug-likeness (QED) is 0.927. The van der Waals surface area contributed by atoms with Crippen molar-refractivity contribution in [1.82, 2.24) is 9.80 Å². The first-order valence-electron chi connectivity index (χ1n) is 8.95. The Hall–Kier alpha value is -1.39. The molecule has 1 aromatic rings. The van der Waals surface area contributed by atoms with Crippen molar-refractivity contribution in [3.05, 3.63) is 35.9 Å². The molecule has 0 unspecified atom stereocenters. The normalized spacial score (nSPS) is 29.0. The van der Waals surface area contributed by atoms with Crippen LogP contribution in [0, 0.1) is 0 Å². The highest BCUT2D eigenvalue weighted by Crippen LogP contribution is 2.37. The Morgan fingerprint density at radius 3 is 2.57 bits per heavy atom. The molecule has 4 nitrogen and oxygen atoms in total. The highest BCUT2D eigenvalue weighted by atomic mass is 16.3. The molecule has 2 saturated heterocycles. The maximum Gasteiger partial charge on any atom is 0.222 e. The summed E-state index contributed by atoms with van der Waals surface area (Å²) in [6.07, 6.45) is 4.48. The van der Waals surface area contributed by atoms with Gasteiger partial charge in [-0.15, -0.1) is 0 Å².